The lowest BCUT2D eigenvalue weighted by Gasteiger charge is -2.16. The van der Waals surface area contributed by atoms with Gasteiger partial charge in [0.2, 0.25) is 0 Å². The second-order valence-corrected chi connectivity index (χ2v) is 7.20. The van der Waals surface area contributed by atoms with Gasteiger partial charge in [0.05, 0.1) is 0 Å². The Morgan fingerprint density at radius 1 is 0.667 bits per heavy atom. The van der Waals surface area contributed by atoms with Crippen molar-refractivity contribution < 1.29 is 69.5 Å². The monoisotopic (exact) mass is 458 g/mol. The molecule has 156 valence electrons. The van der Waals surface area contributed by atoms with Crippen LogP contribution in [0, 0.1) is 0 Å². The van der Waals surface area contributed by atoms with E-state index in [0.29, 0.717) is 0 Å². The van der Waals surface area contributed by atoms with E-state index in [-0.39, 0.29) is 18.2 Å². The lowest BCUT2D eigenvalue weighted by Crippen LogP contribution is -2.29. The molecular weight excluding hydrogens is 455 g/mol. The zero-order chi connectivity index (χ0) is 21.5. The average molecular weight is 458 g/mol. The molecule has 0 bridgehead atoms. The highest BCUT2D eigenvalue weighted by molar-refractivity contribution is 7.88. The highest BCUT2D eigenvalue weighted by Gasteiger charge is 2.50. The summed E-state index contributed by atoms with van der Waals surface area (Å²) in [5.41, 5.74) is -12.1. The van der Waals surface area contributed by atoms with Crippen molar-refractivity contribution in [3.8, 4) is 17.2 Å². The van der Waals surface area contributed by atoms with Crippen LogP contribution < -0.4 is 13.1 Å². The standard InChI is InChI=1S/C9H3F9O7S2/c10-7(11,12)23-6-3-4(24-26(19,20)8(13,14)15)1-2-5(6)25-27(21,22)9(16,17)18/h1-3H. The van der Waals surface area contributed by atoms with Crippen molar-refractivity contribution in [3.63, 3.8) is 0 Å². The molecule has 0 spiro atoms. The molecule has 1 aromatic rings. The molecule has 0 saturated carbocycles. The Labute approximate surface area is 143 Å². The van der Waals surface area contributed by atoms with Gasteiger partial charge in [0.1, 0.15) is 5.75 Å². The lowest BCUT2D eigenvalue weighted by atomic mass is 10.3. The van der Waals surface area contributed by atoms with Gasteiger partial charge in [-0.25, -0.2) is 0 Å². The predicted molar refractivity (Wildman–Crippen MR) is 64.3 cm³/mol. The minimum atomic E-state index is -6.49. The third-order valence-electron chi connectivity index (χ3n) is 2.11. The van der Waals surface area contributed by atoms with E-state index in [1.807, 2.05) is 0 Å². The van der Waals surface area contributed by atoms with E-state index >= 15 is 0 Å². The van der Waals surface area contributed by atoms with E-state index in [1.165, 1.54) is 0 Å². The Bertz CT molecular complexity index is 897. The Hall–Kier alpha value is -2.11. The fraction of sp³-hybridized carbons (Fsp3) is 0.333. The molecule has 0 aliphatic rings. The van der Waals surface area contributed by atoms with Crippen molar-refractivity contribution in [1.29, 1.82) is 0 Å². The van der Waals surface area contributed by atoms with Gasteiger partial charge in [0, 0.05) is 6.07 Å². The molecule has 0 fully saturated rings. The summed E-state index contributed by atoms with van der Waals surface area (Å²) >= 11 is 0. The Morgan fingerprint density at radius 3 is 1.52 bits per heavy atom. The van der Waals surface area contributed by atoms with Crippen molar-refractivity contribution in [1.82, 2.24) is 0 Å². The maximum absolute atomic E-state index is 12.3. The van der Waals surface area contributed by atoms with Crippen LogP contribution >= 0.6 is 0 Å². The number of alkyl halides is 9. The van der Waals surface area contributed by atoms with Crippen LogP contribution in [0.5, 0.6) is 17.2 Å². The molecule has 0 N–H and O–H groups in total. The highest BCUT2D eigenvalue weighted by atomic mass is 32.2. The van der Waals surface area contributed by atoms with Crippen LogP contribution in [-0.4, -0.2) is 34.2 Å². The number of rotatable bonds is 5. The van der Waals surface area contributed by atoms with Crippen LogP contribution in [-0.2, 0) is 20.2 Å². The van der Waals surface area contributed by atoms with Crippen molar-refractivity contribution >= 4 is 20.2 Å². The summed E-state index contributed by atoms with van der Waals surface area (Å²) in [6.45, 7) is 0. The molecule has 27 heavy (non-hydrogen) atoms. The molecule has 0 radical (unpaired) electrons. The molecule has 7 nitrogen and oxygen atoms in total. The number of hydrogen-bond donors (Lipinski definition) is 0. The SMILES string of the molecule is O=S(=O)(Oc1ccc(OS(=O)(=O)C(F)(F)F)c(OC(F)(F)F)c1)C(F)(F)F. The fourth-order valence-electron chi connectivity index (χ4n) is 1.15. The maximum atomic E-state index is 12.3. The minimum Gasteiger partial charge on any atom is -0.402 e. The summed E-state index contributed by atoms with van der Waals surface area (Å²) < 4.78 is 163. The third kappa shape index (κ3) is 5.94. The van der Waals surface area contributed by atoms with E-state index in [9.17, 15) is 56.3 Å². The van der Waals surface area contributed by atoms with Gasteiger partial charge in [0.25, 0.3) is 0 Å². The Kier molecular flexibility index (Phi) is 5.78. The van der Waals surface area contributed by atoms with Crippen molar-refractivity contribution in [2.45, 2.75) is 17.4 Å². The van der Waals surface area contributed by atoms with Crippen LogP contribution in [0.2, 0.25) is 0 Å². The van der Waals surface area contributed by atoms with Crippen LogP contribution in [0.3, 0.4) is 0 Å². The van der Waals surface area contributed by atoms with E-state index < -0.39 is 54.9 Å². The third-order valence-corrected chi connectivity index (χ3v) is 4.06. The minimum absolute atomic E-state index is 0.0500. The molecule has 0 aliphatic heterocycles. The van der Waals surface area contributed by atoms with Crippen molar-refractivity contribution in [3.05, 3.63) is 18.2 Å². The number of ether oxygens (including phenoxy) is 1. The summed E-state index contributed by atoms with van der Waals surface area (Å²) in [5.74, 6) is -5.19. The van der Waals surface area contributed by atoms with Gasteiger partial charge in [-0.05, 0) is 12.1 Å². The van der Waals surface area contributed by atoms with Crippen LogP contribution in [0.4, 0.5) is 39.5 Å². The molecule has 0 aliphatic carbocycles. The summed E-state index contributed by atoms with van der Waals surface area (Å²) in [6, 6.07) is -0.239. The predicted octanol–water partition coefficient (Wildman–Crippen LogP) is 3.04. The molecule has 0 aromatic heterocycles. The van der Waals surface area contributed by atoms with E-state index in [4.69, 9.17) is 0 Å². The largest absolute Gasteiger partial charge is 0.573 e. The number of benzene rings is 1. The number of halogens is 9. The van der Waals surface area contributed by atoms with Gasteiger partial charge in [-0.1, -0.05) is 0 Å². The van der Waals surface area contributed by atoms with E-state index in [2.05, 4.69) is 13.1 Å². The molecule has 0 heterocycles. The molecule has 0 saturated heterocycles. The highest BCUT2D eigenvalue weighted by Crippen LogP contribution is 2.39. The Balaban J connectivity index is 3.39. The van der Waals surface area contributed by atoms with Crippen molar-refractivity contribution in [2.24, 2.45) is 0 Å². The second kappa shape index (κ2) is 6.80. The zero-order valence-electron chi connectivity index (χ0n) is 11.8. The summed E-state index contributed by atoms with van der Waals surface area (Å²) in [6.07, 6.45) is -5.68. The first kappa shape index (κ1) is 22.9. The fourth-order valence-corrected chi connectivity index (χ4v) is 2.07. The van der Waals surface area contributed by atoms with E-state index in [0.717, 1.165) is 0 Å². The normalized spacial score (nSPS) is 14.0. The topological polar surface area (TPSA) is 96.0 Å². The molecule has 0 unspecified atom stereocenters. The summed E-state index contributed by atoms with van der Waals surface area (Å²) in [7, 11) is -12.8. The second-order valence-electron chi connectivity index (χ2n) is 4.12. The van der Waals surface area contributed by atoms with Gasteiger partial charge in [-0.2, -0.15) is 43.2 Å². The van der Waals surface area contributed by atoms with Gasteiger partial charge in [0.15, 0.2) is 11.5 Å². The molecule has 1 rings (SSSR count). The van der Waals surface area contributed by atoms with Crippen LogP contribution in [0.15, 0.2) is 18.2 Å². The molecular formula is C9H3F9O7S2. The Morgan fingerprint density at radius 2 is 1.11 bits per heavy atom. The molecule has 0 amide bonds. The van der Waals surface area contributed by atoms with Crippen molar-refractivity contribution in [2.75, 3.05) is 0 Å². The number of hydrogen-bond acceptors (Lipinski definition) is 7. The van der Waals surface area contributed by atoms with Gasteiger partial charge >= 0.3 is 37.6 Å². The summed E-state index contributed by atoms with van der Waals surface area (Å²) in [4.78, 5) is 0. The summed E-state index contributed by atoms with van der Waals surface area (Å²) in [5, 5.41) is 0. The maximum Gasteiger partial charge on any atom is 0.573 e. The zero-order valence-corrected chi connectivity index (χ0v) is 13.4. The van der Waals surface area contributed by atoms with Gasteiger partial charge < -0.3 is 13.1 Å². The first-order valence-corrected chi connectivity index (χ1v) is 8.48. The molecule has 18 heteroatoms. The molecule has 1 aromatic carbocycles. The van der Waals surface area contributed by atoms with Gasteiger partial charge in [-0.15, -0.1) is 13.2 Å². The quantitative estimate of drug-likeness (QED) is 0.380. The first-order chi connectivity index (χ1) is 11.8. The van der Waals surface area contributed by atoms with Crippen LogP contribution in [0.25, 0.3) is 0 Å². The van der Waals surface area contributed by atoms with Crippen LogP contribution in [0.1, 0.15) is 0 Å². The van der Waals surface area contributed by atoms with E-state index in [1.54, 1.807) is 0 Å². The first-order valence-electron chi connectivity index (χ1n) is 5.66. The smallest absolute Gasteiger partial charge is 0.402 e. The van der Waals surface area contributed by atoms with Gasteiger partial charge in [-0.3, -0.25) is 0 Å². The average Bonchev–Trinajstić information content (AvgIpc) is 2.36. The lowest BCUT2D eigenvalue weighted by molar-refractivity contribution is -0.275. The molecule has 0 atom stereocenters.